The number of nitro benzene ring substituents is 1. The van der Waals surface area contributed by atoms with Crippen LogP contribution in [0.2, 0.25) is 5.02 Å². The van der Waals surface area contributed by atoms with Crippen molar-refractivity contribution in [1.29, 1.82) is 0 Å². The summed E-state index contributed by atoms with van der Waals surface area (Å²) in [6, 6.07) is 17.4. The largest absolute Gasteiger partial charge is 0.507 e. The molecule has 4 rings (SSSR count). The third-order valence-corrected chi connectivity index (χ3v) is 5.66. The molecule has 1 atom stereocenters. The van der Waals surface area contributed by atoms with Crippen LogP contribution in [-0.2, 0) is 9.59 Å². The molecule has 0 aliphatic carbocycles. The number of anilines is 1. The van der Waals surface area contributed by atoms with Crippen LogP contribution in [0.4, 0.5) is 11.4 Å². The summed E-state index contributed by atoms with van der Waals surface area (Å²) in [7, 11) is 0. The van der Waals surface area contributed by atoms with Crippen LogP contribution < -0.4 is 9.64 Å². The molecule has 0 spiro atoms. The summed E-state index contributed by atoms with van der Waals surface area (Å²) in [5.74, 6) is -1.50. The van der Waals surface area contributed by atoms with E-state index in [9.17, 15) is 24.8 Å². The van der Waals surface area contributed by atoms with Crippen LogP contribution in [0.3, 0.4) is 0 Å². The van der Waals surface area contributed by atoms with Crippen molar-refractivity contribution in [2.24, 2.45) is 0 Å². The third kappa shape index (κ3) is 4.23. The first kappa shape index (κ1) is 23.0. The van der Waals surface area contributed by atoms with Crippen LogP contribution in [-0.4, -0.2) is 28.3 Å². The van der Waals surface area contributed by atoms with Gasteiger partial charge in [0, 0.05) is 28.4 Å². The van der Waals surface area contributed by atoms with E-state index in [4.69, 9.17) is 16.3 Å². The molecule has 3 aromatic rings. The summed E-state index contributed by atoms with van der Waals surface area (Å²) in [5, 5.41) is 22.5. The predicted molar refractivity (Wildman–Crippen MR) is 127 cm³/mol. The van der Waals surface area contributed by atoms with E-state index in [0.29, 0.717) is 28.6 Å². The fraction of sp³-hybridized carbons (Fsp3) is 0.120. The molecule has 8 nitrogen and oxygen atoms in total. The standard InChI is InChI=1S/C25H19ClN2O6/c1-2-34-20-13-5-15(6-14-20)22-21(23(29)16-3-9-19(10-4-16)28(32)33)24(30)25(31)27(22)18-11-7-17(26)8-12-18/h3-14,22,29H,2H2,1H3/b23-21-. The lowest BCUT2D eigenvalue weighted by Gasteiger charge is -2.25. The summed E-state index contributed by atoms with van der Waals surface area (Å²) in [4.78, 5) is 38.0. The van der Waals surface area contributed by atoms with E-state index in [1.54, 1.807) is 48.5 Å². The third-order valence-electron chi connectivity index (χ3n) is 5.41. The van der Waals surface area contributed by atoms with Gasteiger partial charge in [-0.3, -0.25) is 24.6 Å². The van der Waals surface area contributed by atoms with Crippen LogP contribution >= 0.6 is 11.6 Å². The molecule has 1 N–H and O–H groups in total. The number of carbonyl (C=O) groups excluding carboxylic acids is 2. The number of non-ortho nitro benzene ring substituents is 1. The van der Waals surface area contributed by atoms with E-state index in [1.165, 1.54) is 29.2 Å². The highest BCUT2D eigenvalue weighted by Crippen LogP contribution is 2.42. The van der Waals surface area contributed by atoms with Crippen LogP contribution in [0.25, 0.3) is 5.76 Å². The average molecular weight is 479 g/mol. The van der Waals surface area contributed by atoms with Crippen molar-refractivity contribution in [3.8, 4) is 5.75 Å². The Morgan fingerprint density at radius 2 is 1.65 bits per heavy atom. The molecular weight excluding hydrogens is 460 g/mol. The molecule has 1 aliphatic heterocycles. The molecule has 0 aromatic heterocycles. The van der Waals surface area contributed by atoms with Gasteiger partial charge in [-0.25, -0.2) is 0 Å². The second-order valence-corrected chi connectivity index (χ2v) is 7.89. The Labute approximate surface area is 199 Å². The van der Waals surface area contributed by atoms with Crippen LogP contribution in [0.5, 0.6) is 5.75 Å². The molecule has 1 heterocycles. The lowest BCUT2D eigenvalue weighted by molar-refractivity contribution is -0.384. The van der Waals surface area contributed by atoms with Gasteiger partial charge in [0.1, 0.15) is 11.5 Å². The minimum absolute atomic E-state index is 0.127. The van der Waals surface area contributed by atoms with E-state index in [2.05, 4.69) is 0 Å². The molecule has 0 radical (unpaired) electrons. The number of hydrogen-bond donors (Lipinski definition) is 1. The fourth-order valence-corrected chi connectivity index (χ4v) is 3.95. The molecule has 1 amide bonds. The Balaban J connectivity index is 1.88. The highest BCUT2D eigenvalue weighted by atomic mass is 35.5. The number of nitrogens with zero attached hydrogens (tertiary/aromatic N) is 2. The number of ketones is 1. The van der Waals surface area contributed by atoms with Crippen molar-refractivity contribution in [3.05, 3.63) is 105 Å². The second kappa shape index (κ2) is 9.36. The van der Waals surface area contributed by atoms with Crippen molar-refractivity contribution >= 4 is 40.4 Å². The lowest BCUT2D eigenvalue weighted by Crippen LogP contribution is -2.29. The summed E-state index contributed by atoms with van der Waals surface area (Å²) in [6.07, 6.45) is 0. The molecule has 0 saturated carbocycles. The predicted octanol–water partition coefficient (Wildman–Crippen LogP) is 5.27. The van der Waals surface area contributed by atoms with Gasteiger partial charge in [0.2, 0.25) is 0 Å². The minimum Gasteiger partial charge on any atom is -0.507 e. The highest BCUT2D eigenvalue weighted by Gasteiger charge is 2.47. The van der Waals surface area contributed by atoms with Gasteiger partial charge < -0.3 is 9.84 Å². The quantitative estimate of drug-likeness (QED) is 0.170. The van der Waals surface area contributed by atoms with Gasteiger partial charge in [0.25, 0.3) is 17.4 Å². The van der Waals surface area contributed by atoms with E-state index < -0.39 is 28.4 Å². The molecule has 9 heteroatoms. The first-order chi connectivity index (χ1) is 16.3. The molecule has 172 valence electrons. The number of hydrogen-bond acceptors (Lipinski definition) is 6. The highest BCUT2D eigenvalue weighted by molar-refractivity contribution is 6.51. The van der Waals surface area contributed by atoms with Gasteiger partial charge in [0.05, 0.1) is 23.1 Å². The topological polar surface area (TPSA) is 110 Å². The Kier molecular flexibility index (Phi) is 6.34. The number of ether oxygens (including phenoxy) is 1. The van der Waals surface area contributed by atoms with Crippen molar-refractivity contribution in [1.82, 2.24) is 0 Å². The number of benzene rings is 3. The summed E-state index contributed by atoms with van der Waals surface area (Å²) < 4.78 is 5.49. The Morgan fingerprint density at radius 1 is 1.03 bits per heavy atom. The normalized spacial score (nSPS) is 17.1. The number of aliphatic hydroxyl groups is 1. The fourth-order valence-electron chi connectivity index (χ4n) is 3.83. The van der Waals surface area contributed by atoms with Gasteiger partial charge in [-0.15, -0.1) is 0 Å². The number of aliphatic hydroxyl groups excluding tert-OH is 1. The average Bonchev–Trinajstić information content (AvgIpc) is 3.10. The maximum absolute atomic E-state index is 13.1. The number of carbonyl (C=O) groups is 2. The van der Waals surface area contributed by atoms with Gasteiger partial charge in [-0.2, -0.15) is 0 Å². The minimum atomic E-state index is -0.938. The summed E-state index contributed by atoms with van der Waals surface area (Å²) in [6.45, 7) is 2.33. The van der Waals surface area contributed by atoms with Crippen molar-refractivity contribution < 1.29 is 24.4 Å². The summed E-state index contributed by atoms with van der Waals surface area (Å²) in [5.41, 5.74) is 0.879. The molecule has 0 bridgehead atoms. The van der Waals surface area contributed by atoms with Gasteiger partial charge in [-0.1, -0.05) is 23.7 Å². The first-order valence-corrected chi connectivity index (χ1v) is 10.7. The number of rotatable bonds is 6. The number of halogens is 1. The molecule has 1 fully saturated rings. The number of Topliss-reactive ketones (excluding diaryl/α,β-unsaturated/α-hetero) is 1. The zero-order chi connectivity index (χ0) is 24.4. The maximum atomic E-state index is 13.1. The smallest absolute Gasteiger partial charge is 0.300 e. The number of amides is 1. The molecular formula is C25H19ClN2O6. The van der Waals surface area contributed by atoms with Gasteiger partial charge in [0.15, 0.2) is 0 Å². The van der Waals surface area contributed by atoms with Crippen molar-refractivity contribution in [3.63, 3.8) is 0 Å². The SMILES string of the molecule is CCOc1ccc(C2/C(=C(/O)c3ccc([N+](=O)[O-])cc3)C(=O)C(=O)N2c2ccc(Cl)cc2)cc1. The second-order valence-electron chi connectivity index (χ2n) is 7.45. The molecule has 1 aliphatic rings. The van der Waals surface area contributed by atoms with E-state index in [1.807, 2.05) is 6.92 Å². The zero-order valence-electron chi connectivity index (χ0n) is 18.0. The van der Waals surface area contributed by atoms with E-state index >= 15 is 0 Å². The molecule has 34 heavy (non-hydrogen) atoms. The monoisotopic (exact) mass is 478 g/mol. The summed E-state index contributed by atoms with van der Waals surface area (Å²) >= 11 is 6.00. The van der Waals surface area contributed by atoms with Crippen LogP contribution in [0, 0.1) is 10.1 Å². The molecule has 3 aromatic carbocycles. The molecule has 1 saturated heterocycles. The first-order valence-electron chi connectivity index (χ1n) is 10.4. The van der Waals surface area contributed by atoms with Crippen molar-refractivity contribution in [2.75, 3.05) is 11.5 Å². The van der Waals surface area contributed by atoms with E-state index in [-0.39, 0.29) is 16.8 Å². The Morgan fingerprint density at radius 3 is 2.21 bits per heavy atom. The van der Waals surface area contributed by atoms with Crippen LogP contribution in [0.1, 0.15) is 24.1 Å². The van der Waals surface area contributed by atoms with Crippen LogP contribution in [0.15, 0.2) is 78.4 Å². The maximum Gasteiger partial charge on any atom is 0.300 e. The number of nitro groups is 1. The van der Waals surface area contributed by atoms with E-state index in [0.717, 1.165) is 0 Å². The van der Waals surface area contributed by atoms with Gasteiger partial charge in [-0.05, 0) is 61.0 Å². The zero-order valence-corrected chi connectivity index (χ0v) is 18.7. The molecule has 1 unspecified atom stereocenters. The van der Waals surface area contributed by atoms with Gasteiger partial charge >= 0.3 is 0 Å². The Bertz CT molecular complexity index is 1280. The Hall–Kier alpha value is -4.17. The van der Waals surface area contributed by atoms with Crippen molar-refractivity contribution in [2.45, 2.75) is 13.0 Å². The lowest BCUT2D eigenvalue weighted by atomic mass is 9.95.